The van der Waals surface area contributed by atoms with E-state index in [0.717, 1.165) is 57.4 Å². The van der Waals surface area contributed by atoms with Crippen molar-refractivity contribution in [2.45, 2.75) is 26.7 Å². The molecule has 0 saturated carbocycles. The Morgan fingerprint density at radius 2 is 2.05 bits per heavy atom. The summed E-state index contributed by atoms with van der Waals surface area (Å²) in [5.41, 5.74) is 1.35. The molecule has 2 aliphatic heterocycles. The van der Waals surface area contributed by atoms with E-state index < -0.39 is 0 Å². The number of piperidine rings is 1. The third-order valence-electron chi connectivity index (χ3n) is 4.68. The summed E-state index contributed by atoms with van der Waals surface area (Å²) in [7, 11) is 0. The molecule has 0 N–H and O–H groups in total. The van der Waals surface area contributed by atoms with Crippen molar-refractivity contribution in [2.75, 3.05) is 50.8 Å². The Bertz CT molecular complexity index is 464. The average molecular weight is 290 g/mol. The molecule has 5 nitrogen and oxygen atoms in total. The van der Waals surface area contributed by atoms with Crippen LogP contribution in [-0.4, -0.2) is 60.8 Å². The van der Waals surface area contributed by atoms with Gasteiger partial charge in [0.25, 0.3) is 0 Å². The molecule has 5 heteroatoms. The first kappa shape index (κ1) is 14.7. The van der Waals surface area contributed by atoms with Crippen molar-refractivity contribution in [3.8, 4) is 0 Å². The Morgan fingerprint density at radius 3 is 2.81 bits per heavy atom. The summed E-state index contributed by atoms with van der Waals surface area (Å²) in [4.78, 5) is 13.9. The van der Waals surface area contributed by atoms with Crippen molar-refractivity contribution in [3.05, 3.63) is 18.0 Å². The number of rotatable bonds is 2. The predicted octanol–water partition coefficient (Wildman–Crippen LogP) is 1.72. The fraction of sp³-hybridized carbons (Fsp3) is 0.750. The minimum atomic E-state index is 0.235. The lowest BCUT2D eigenvalue weighted by Crippen LogP contribution is -2.51. The molecule has 1 atom stereocenters. The third-order valence-corrected chi connectivity index (χ3v) is 4.68. The number of likely N-dealkylation sites (N-methyl/N-ethyl adjacent to an activating group) is 1. The normalized spacial score (nSPS) is 27.8. The summed E-state index contributed by atoms with van der Waals surface area (Å²) in [6.45, 7) is 11.3. The van der Waals surface area contributed by atoms with Crippen molar-refractivity contribution in [1.82, 2.24) is 14.9 Å². The van der Waals surface area contributed by atoms with E-state index in [-0.39, 0.29) is 5.41 Å². The van der Waals surface area contributed by atoms with Crippen molar-refractivity contribution in [3.63, 3.8) is 0 Å². The molecule has 0 unspecified atom stereocenters. The van der Waals surface area contributed by atoms with Crippen LogP contribution in [0, 0.1) is 12.3 Å². The van der Waals surface area contributed by atoms with Gasteiger partial charge in [0.05, 0.1) is 13.2 Å². The monoisotopic (exact) mass is 290 g/mol. The van der Waals surface area contributed by atoms with Gasteiger partial charge in [0.1, 0.15) is 0 Å². The number of nitrogens with zero attached hydrogens (tertiary/aromatic N) is 4. The van der Waals surface area contributed by atoms with E-state index in [1.807, 2.05) is 19.3 Å². The van der Waals surface area contributed by atoms with Crippen LogP contribution >= 0.6 is 0 Å². The zero-order valence-electron chi connectivity index (χ0n) is 13.2. The molecule has 3 heterocycles. The van der Waals surface area contributed by atoms with Gasteiger partial charge in [-0.05, 0) is 31.9 Å². The highest BCUT2D eigenvalue weighted by Gasteiger charge is 2.39. The number of ether oxygens (including phenoxy) is 1. The van der Waals surface area contributed by atoms with Crippen LogP contribution < -0.4 is 4.90 Å². The first-order valence-corrected chi connectivity index (χ1v) is 8.04. The summed E-state index contributed by atoms with van der Waals surface area (Å²) < 4.78 is 5.91. The maximum atomic E-state index is 5.91. The second-order valence-electron chi connectivity index (χ2n) is 6.51. The molecule has 2 fully saturated rings. The zero-order valence-corrected chi connectivity index (χ0v) is 13.2. The fourth-order valence-corrected chi connectivity index (χ4v) is 3.53. The van der Waals surface area contributed by atoms with Crippen LogP contribution in [0.5, 0.6) is 0 Å². The molecule has 1 aromatic rings. The molecule has 2 saturated heterocycles. The van der Waals surface area contributed by atoms with Crippen LogP contribution in [0.3, 0.4) is 0 Å². The van der Waals surface area contributed by atoms with Crippen molar-refractivity contribution in [1.29, 1.82) is 0 Å². The highest BCUT2D eigenvalue weighted by Crippen LogP contribution is 2.34. The standard InChI is InChI=1S/C16H26N4O/c1-3-19-7-8-21-13-16(11-19)5-4-6-20(12-16)15-17-9-14(2)10-18-15/h9-10H,3-8,11-13H2,1-2H3/t16-/m1/s1. The molecule has 1 aromatic heterocycles. The first-order chi connectivity index (χ1) is 10.2. The Balaban J connectivity index is 1.76. The smallest absolute Gasteiger partial charge is 0.225 e. The molecular formula is C16H26N4O. The van der Waals surface area contributed by atoms with E-state index in [4.69, 9.17) is 4.74 Å². The molecular weight excluding hydrogens is 264 g/mol. The average Bonchev–Trinajstić information content (AvgIpc) is 2.70. The van der Waals surface area contributed by atoms with Crippen molar-refractivity contribution >= 4 is 5.95 Å². The molecule has 0 aromatic carbocycles. The predicted molar refractivity (Wildman–Crippen MR) is 83.6 cm³/mol. The van der Waals surface area contributed by atoms with Crippen LogP contribution in [0.2, 0.25) is 0 Å². The maximum Gasteiger partial charge on any atom is 0.225 e. The minimum Gasteiger partial charge on any atom is -0.379 e. The van der Waals surface area contributed by atoms with E-state index in [1.54, 1.807) is 0 Å². The molecule has 0 amide bonds. The van der Waals surface area contributed by atoms with Gasteiger partial charge in [0.15, 0.2) is 0 Å². The molecule has 0 radical (unpaired) electrons. The molecule has 21 heavy (non-hydrogen) atoms. The zero-order chi connectivity index (χ0) is 14.7. The van der Waals surface area contributed by atoms with Gasteiger partial charge in [0.2, 0.25) is 5.95 Å². The molecule has 116 valence electrons. The second kappa shape index (κ2) is 6.28. The Hall–Kier alpha value is -1.20. The van der Waals surface area contributed by atoms with Gasteiger partial charge in [-0.25, -0.2) is 9.97 Å². The Morgan fingerprint density at radius 1 is 1.24 bits per heavy atom. The summed E-state index contributed by atoms with van der Waals surface area (Å²) in [6, 6.07) is 0. The summed E-state index contributed by atoms with van der Waals surface area (Å²) in [5, 5.41) is 0. The van der Waals surface area contributed by atoms with E-state index >= 15 is 0 Å². The largest absolute Gasteiger partial charge is 0.379 e. The SMILES string of the molecule is CCN1CCOC[C@]2(CCCN(c3ncc(C)cn3)C2)C1. The maximum absolute atomic E-state index is 5.91. The topological polar surface area (TPSA) is 41.5 Å². The van der Waals surface area contributed by atoms with Gasteiger partial charge in [0, 0.05) is 44.0 Å². The molecule has 0 aliphatic carbocycles. The molecule has 2 aliphatic rings. The summed E-state index contributed by atoms with van der Waals surface area (Å²) >= 11 is 0. The van der Waals surface area contributed by atoms with Crippen LogP contribution in [0.1, 0.15) is 25.3 Å². The minimum absolute atomic E-state index is 0.235. The van der Waals surface area contributed by atoms with Gasteiger partial charge < -0.3 is 14.5 Å². The molecule has 1 spiro atoms. The Kier molecular flexibility index (Phi) is 4.40. The van der Waals surface area contributed by atoms with Gasteiger partial charge in [-0.3, -0.25) is 0 Å². The van der Waals surface area contributed by atoms with Crippen molar-refractivity contribution < 1.29 is 4.74 Å². The number of anilines is 1. The summed E-state index contributed by atoms with van der Waals surface area (Å²) in [6.07, 6.45) is 6.25. The lowest BCUT2D eigenvalue weighted by molar-refractivity contribution is 0.0560. The van der Waals surface area contributed by atoms with E-state index in [0.29, 0.717) is 0 Å². The fourth-order valence-electron chi connectivity index (χ4n) is 3.53. The van der Waals surface area contributed by atoms with Crippen LogP contribution in [0.15, 0.2) is 12.4 Å². The Labute approximate surface area is 127 Å². The number of hydrogen-bond acceptors (Lipinski definition) is 5. The van der Waals surface area contributed by atoms with Gasteiger partial charge in [-0.2, -0.15) is 0 Å². The highest BCUT2D eigenvalue weighted by atomic mass is 16.5. The lowest BCUT2D eigenvalue weighted by Gasteiger charge is -2.43. The third kappa shape index (κ3) is 3.35. The van der Waals surface area contributed by atoms with Crippen LogP contribution in [0.25, 0.3) is 0 Å². The van der Waals surface area contributed by atoms with Crippen molar-refractivity contribution in [2.24, 2.45) is 5.41 Å². The van der Waals surface area contributed by atoms with E-state index in [1.165, 1.54) is 12.8 Å². The quantitative estimate of drug-likeness (QED) is 0.829. The second-order valence-corrected chi connectivity index (χ2v) is 6.51. The van der Waals surface area contributed by atoms with Gasteiger partial charge >= 0.3 is 0 Å². The highest BCUT2D eigenvalue weighted by molar-refractivity contribution is 5.31. The first-order valence-electron chi connectivity index (χ1n) is 8.04. The van der Waals surface area contributed by atoms with E-state index in [9.17, 15) is 0 Å². The molecule has 0 bridgehead atoms. The van der Waals surface area contributed by atoms with Crippen LogP contribution in [0.4, 0.5) is 5.95 Å². The van der Waals surface area contributed by atoms with Gasteiger partial charge in [-0.15, -0.1) is 0 Å². The lowest BCUT2D eigenvalue weighted by atomic mass is 9.80. The number of aromatic nitrogens is 2. The number of hydrogen-bond donors (Lipinski definition) is 0. The van der Waals surface area contributed by atoms with E-state index in [2.05, 4.69) is 26.7 Å². The summed E-state index contributed by atoms with van der Waals surface area (Å²) in [5.74, 6) is 0.868. The number of aryl methyl sites for hydroxylation is 1. The van der Waals surface area contributed by atoms with Crippen LogP contribution in [-0.2, 0) is 4.74 Å². The van der Waals surface area contributed by atoms with Gasteiger partial charge in [-0.1, -0.05) is 6.92 Å². The molecule has 3 rings (SSSR count).